The van der Waals surface area contributed by atoms with Crippen LogP contribution in [0.2, 0.25) is 0 Å². The monoisotopic (exact) mass is 202 g/mol. The van der Waals surface area contributed by atoms with E-state index in [1.165, 1.54) is 0 Å². The average molecular weight is 202 g/mol. The highest BCUT2D eigenvalue weighted by atomic mass is 14.1. The Balaban J connectivity index is 2.75. The van der Waals surface area contributed by atoms with Crippen LogP contribution in [0.5, 0.6) is 0 Å². The van der Waals surface area contributed by atoms with Crippen LogP contribution < -0.4 is 0 Å². The normalized spacial score (nSPS) is 17.9. The van der Waals surface area contributed by atoms with E-state index in [-0.39, 0.29) is 11.1 Å². The number of aryl methyl sites for hydroxylation is 2. The first-order chi connectivity index (χ1) is 9.60. The van der Waals surface area contributed by atoms with Crippen molar-refractivity contribution in [2.45, 2.75) is 20.6 Å². The molecule has 2 rings (SSSR count). The van der Waals surface area contributed by atoms with Crippen LogP contribution >= 0.6 is 0 Å². The minimum Gasteiger partial charge on any atom is -0.0622 e. The molecule has 15 heavy (non-hydrogen) atoms. The highest BCUT2D eigenvalue weighted by molar-refractivity contribution is 5.66. The molecule has 0 heteroatoms. The fourth-order valence-electron chi connectivity index (χ4n) is 1.51. The molecule has 0 unspecified atom stereocenters. The zero-order chi connectivity index (χ0) is 15.8. The van der Waals surface area contributed by atoms with Gasteiger partial charge in [0.1, 0.15) is 0 Å². The predicted octanol–water partition coefficient (Wildman–Crippen LogP) is 4.28. The molecule has 76 valence electrons. The molecule has 0 N–H and O–H groups in total. The quantitative estimate of drug-likeness (QED) is 0.647. The van der Waals surface area contributed by atoms with Crippen molar-refractivity contribution in [3.05, 3.63) is 59.2 Å². The summed E-state index contributed by atoms with van der Waals surface area (Å²) in [7, 11) is 0. The molecule has 2 aromatic carbocycles. The standard InChI is InChI=1S/C15H16/c1-11-9-15(10-12(2)13(11)3)14-7-5-4-6-8-14/h4-10H,1-3H3/i1D3,2D3. The second kappa shape index (κ2) is 3.90. The summed E-state index contributed by atoms with van der Waals surface area (Å²) in [5.41, 5.74) is 1.91. The van der Waals surface area contributed by atoms with Gasteiger partial charge < -0.3 is 0 Å². The van der Waals surface area contributed by atoms with Gasteiger partial charge in [0.2, 0.25) is 0 Å². The topological polar surface area (TPSA) is 0 Å². The van der Waals surface area contributed by atoms with E-state index in [9.17, 15) is 0 Å². The van der Waals surface area contributed by atoms with E-state index in [0.717, 1.165) is 5.56 Å². The second-order valence-electron chi connectivity index (χ2n) is 3.56. The molecule has 0 saturated carbocycles. The molecule has 0 heterocycles. The molecule has 0 radical (unpaired) electrons. The molecule has 0 spiro atoms. The molecule has 0 aliphatic heterocycles. The van der Waals surface area contributed by atoms with Gasteiger partial charge >= 0.3 is 0 Å². The van der Waals surface area contributed by atoms with Crippen molar-refractivity contribution in [3.8, 4) is 11.1 Å². The third kappa shape index (κ3) is 1.94. The molecule has 0 amide bonds. The smallest absolute Gasteiger partial charge is 0.0280 e. The van der Waals surface area contributed by atoms with Gasteiger partial charge in [-0.25, -0.2) is 0 Å². The van der Waals surface area contributed by atoms with Crippen molar-refractivity contribution < 1.29 is 8.22 Å². The highest BCUT2D eigenvalue weighted by Crippen LogP contribution is 2.24. The van der Waals surface area contributed by atoms with E-state index in [4.69, 9.17) is 8.22 Å². The van der Waals surface area contributed by atoms with Gasteiger partial charge in [-0.05, 0) is 48.4 Å². The van der Waals surface area contributed by atoms with Crippen LogP contribution in [-0.2, 0) is 0 Å². The van der Waals surface area contributed by atoms with E-state index in [0.29, 0.717) is 11.1 Å². The lowest BCUT2D eigenvalue weighted by molar-refractivity contribution is 1.27. The van der Waals surface area contributed by atoms with E-state index in [1.807, 2.05) is 30.3 Å². The summed E-state index contributed by atoms with van der Waals surface area (Å²) >= 11 is 0. The highest BCUT2D eigenvalue weighted by Gasteiger charge is 2.02. The summed E-state index contributed by atoms with van der Waals surface area (Å²) in [6, 6.07) is 12.3. The van der Waals surface area contributed by atoms with Gasteiger partial charge in [-0.15, -0.1) is 0 Å². The van der Waals surface area contributed by atoms with Gasteiger partial charge in [0.25, 0.3) is 0 Å². The van der Waals surface area contributed by atoms with Crippen molar-refractivity contribution in [2.75, 3.05) is 0 Å². The largest absolute Gasteiger partial charge is 0.0622 e. The molecule has 0 nitrogen and oxygen atoms in total. The van der Waals surface area contributed by atoms with Crippen LogP contribution in [-0.4, -0.2) is 0 Å². The Labute approximate surface area is 100 Å². The summed E-state index contributed by atoms with van der Waals surface area (Å²) in [6.45, 7) is -3.12. The average Bonchev–Trinajstić information content (AvgIpc) is 2.37. The summed E-state index contributed by atoms with van der Waals surface area (Å²) in [5.74, 6) is 0. The Bertz CT molecular complexity index is 602. The Morgan fingerprint density at radius 2 is 1.47 bits per heavy atom. The Morgan fingerprint density at radius 3 is 2.00 bits per heavy atom. The van der Waals surface area contributed by atoms with Gasteiger partial charge in [0, 0.05) is 8.22 Å². The number of hydrogen-bond donors (Lipinski definition) is 0. The van der Waals surface area contributed by atoms with Crippen LogP contribution in [0, 0.1) is 20.6 Å². The van der Waals surface area contributed by atoms with Crippen LogP contribution in [0.15, 0.2) is 42.5 Å². The zero-order valence-electron chi connectivity index (χ0n) is 14.5. The maximum Gasteiger partial charge on any atom is 0.0280 e. The summed E-state index contributed by atoms with van der Waals surface area (Å²) in [5, 5.41) is 0. The third-order valence-corrected chi connectivity index (χ3v) is 2.51. The molecule has 0 aromatic heterocycles. The molecule has 0 aliphatic carbocycles. The van der Waals surface area contributed by atoms with E-state index in [1.54, 1.807) is 19.1 Å². The van der Waals surface area contributed by atoms with E-state index in [2.05, 4.69) is 0 Å². The van der Waals surface area contributed by atoms with Crippen molar-refractivity contribution in [3.63, 3.8) is 0 Å². The predicted molar refractivity (Wildman–Crippen MR) is 66.1 cm³/mol. The summed E-state index contributed by atoms with van der Waals surface area (Å²) < 4.78 is 45.7. The minimum atomic E-state index is -2.34. The number of benzene rings is 2. The van der Waals surface area contributed by atoms with Gasteiger partial charge in [-0.2, -0.15) is 0 Å². The lowest BCUT2D eigenvalue weighted by Gasteiger charge is -2.09. The van der Waals surface area contributed by atoms with Gasteiger partial charge in [-0.1, -0.05) is 42.5 Å². The van der Waals surface area contributed by atoms with Crippen molar-refractivity contribution in [1.82, 2.24) is 0 Å². The van der Waals surface area contributed by atoms with Gasteiger partial charge in [0.05, 0.1) is 0 Å². The second-order valence-corrected chi connectivity index (χ2v) is 3.56. The van der Waals surface area contributed by atoms with Crippen molar-refractivity contribution in [1.29, 1.82) is 0 Å². The van der Waals surface area contributed by atoms with E-state index < -0.39 is 13.7 Å². The molecule has 0 fully saturated rings. The van der Waals surface area contributed by atoms with Crippen LogP contribution in [0.25, 0.3) is 11.1 Å². The number of hydrogen-bond acceptors (Lipinski definition) is 0. The Morgan fingerprint density at radius 1 is 0.867 bits per heavy atom. The zero-order valence-corrected chi connectivity index (χ0v) is 8.54. The van der Waals surface area contributed by atoms with Crippen LogP contribution in [0.4, 0.5) is 0 Å². The maximum absolute atomic E-state index is 7.62. The molecule has 0 saturated heterocycles. The molecular weight excluding hydrogens is 180 g/mol. The summed E-state index contributed by atoms with van der Waals surface area (Å²) in [4.78, 5) is 0. The lowest BCUT2D eigenvalue weighted by atomic mass is 9.97. The molecular formula is C15H16. The van der Waals surface area contributed by atoms with Crippen molar-refractivity contribution >= 4 is 0 Å². The fourth-order valence-corrected chi connectivity index (χ4v) is 1.51. The molecule has 0 bridgehead atoms. The number of rotatable bonds is 1. The lowest BCUT2D eigenvalue weighted by Crippen LogP contribution is -1.88. The first-order valence-corrected chi connectivity index (χ1v) is 4.82. The van der Waals surface area contributed by atoms with Gasteiger partial charge in [0.15, 0.2) is 0 Å². The van der Waals surface area contributed by atoms with Crippen LogP contribution in [0.3, 0.4) is 0 Å². The third-order valence-electron chi connectivity index (χ3n) is 2.51. The molecule has 0 atom stereocenters. The fraction of sp³-hybridized carbons (Fsp3) is 0.200. The van der Waals surface area contributed by atoms with Gasteiger partial charge in [-0.3, -0.25) is 0 Å². The summed E-state index contributed by atoms with van der Waals surface area (Å²) in [6.07, 6.45) is 0. The van der Waals surface area contributed by atoms with Crippen molar-refractivity contribution in [2.24, 2.45) is 0 Å². The molecule has 0 aliphatic rings. The van der Waals surface area contributed by atoms with E-state index >= 15 is 0 Å². The Hall–Kier alpha value is -1.56. The first kappa shape index (κ1) is 4.98. The van der Waals surface area contributed by atoms with Crippen LogP contribution in [0.1, 0.15) is 24.9 Å². The minimum absolute atomic E-state index is 0.0926. The SMILES string of the molecule is [2H]C([2H])([2H])c1cc(-c2ccccc2)cc(C([2H])([2H])[2H])c1C. The molecule has 2 aromatic rings. The maximum atomic E-state index is 7.62. The Kier molecular flexibility index (Phi) is 1.29. The first-order valence-electron chi connectivity index (χ1n) is 7.82.